The molecule has 0 aliphatic rings. The topological polar surface area (TPSA) is 30.8 Å². The van der Waals surface area contributed by atoms with Crippen molar-refractivity contribution in [3.63, 3.8) is 0 Å². The second kappa shape index (κ2) is 5.19. The van der Waals surface area contributed by atoms with Gasteiger partial charge in [-0.15, -0.1) is 0 Å². The van der Waals surface area contributed by atoms with Gasteiger partial charge in [0, 0.05) is 5.56 Å². The van der Waals surface area contributed by atoms with Gasteiger partial charge in [0.1, 0.15) is 18.6 Å². The maximum absolute atomic E-state index is 5.04. The number of nitrogens with zero attached hydrogens (tertiary/aromatic N) is 1. The minimum absolute atomic E-state index is 0.553. The van der Waals surface area contributed by atoms with Gasteiger partial charge in [0.15, 0.2) is 0 Å². The third-order valence-corrected chi connectivity index (χ3v) is 1.44. The number of hydrogen-bond donors (Lipinski definition) is 0. The summed E-state index contributed by atoms with van der Waals surface area (Å²) < 4.78 is 5.04. The molecular formula is C10H12NO2. The molecule has 1 aromatic rings. The lowest BCUT2D eigenvalue weighted by Gasteiger charge is -1.98. The van der Waals surface area contributed by atoms with Crippen LogP contribution < -0.4 is 4.74 Å². The predicted molar refractivity (Wildman–Crippen MR) is 51.2 cm³/mol. The van der Waals surface area contributed by atoms with Crippen LogP contribution >= 0.6 is 0 Å². The molecule has 13 heavy (non-hydrogen) atoms. The van der Waals surface area contributed by atoms with Gasteiger partial charge in [0.05, 0.1) is 7.11 Å². The van der Waals surface area contributed by atoms with Crippen molar-refractivity contribution in [3.05, 3.63) is 29.8 Å². The van der Waals surface area contributed by atoms with Crippen molar-refractivity contribution in [3.8, 4) is 5.75 Å². The first-order valence-corrected chi connectivity index (χ1v) is 4.09. The first kappa shape index (κ1) is 9.58. The highest BCUT2D eigenvalue weighted by molar-refractivity contribution is 5.79. The van der Waals surface area contributed by atoms with Gasteiger partial charge in [-0.05, 0) is 19.1 Å². The van der Waals surface area contributed by atoms with E-state index in [1.165, 1.54) is 0 Å². The normalized spacial score (nSPS) is 10.3. The lowest BCUT2D eigenvalue weighted by Crippen LogP contribution is -1.87. The zero-order valence-corrected chi connectivity index (χ0v) is 7.78. The molecule has 69 valence electrons. The number of methoxy groups -OCH3 is 1. The lowest BCUT2D eigenvalue weighted by atomic mass is 10.2. The highest BCUT2D eigenvalue weighted by Gasteiger charge is 1.92. The molecule has 0 saturated carbocycles. The van der Waals surface area contributed by atoms with Gasteiger partial charge in [-0.25, -0.2) is 0 Å². The molecule has 0 heterocycles. The van der Waals surface area contributed by atoms with E-state index in [4.69, 9.17) is 9.57 Å². The molecule has 0 unspecified atom stereocenters. The van der Waals surface area contributed by atoms with Gasteiger partial charge < -0.3 is 9.57 Å². The second-order valence-electron chi connectivity index (χ2n) is 2.35. The van der Waals surface area contributed by atoms with E-state index in [1.807, 2.05) is 31.2 Å². The molecule has 0 aliphatic heterocycles. The van der Waals surface area contributed by atoms with E-state index in [9.17, 15) is 0 Å². The monoisotopic (exact) mass is 178 g/mol. The standard InChI is InChI=1S/C10H12NO2/c1-3-13-11-8-9-5-4-6-10(7-9)12-2/h4-7H,3H2,1-2H3. The van der Waals surface area contributed by atoms with E-state index in [1.54, 1.807) is 7.11 Å². The van der Waals surface area contributed by atoms with Crippen molar-refractivity contribution < 1.29 is 9.57 Å². The Kier molecular flexibility index (Phi) is 3.82. The quantitative estimate of drug-likeness (QED) is 0.521. The summed E-state index contributed by atoms with van der Waals surface area (Å²) in [7, 11) is 1.62. The lowest BCUT2D eigenvalue weighted by molar-refractivity contribution is 0.160. The summed E-state index contributed by atoms with van der Waals surface area (Å²) in [6.07, 6.45) is 2.74. The first-order valence-electron chi connectivity index (χ1n) is 4.09. The van der Waals surface area contributed by atoms with E-state index < -0.39 is 0 Å². The molecule has 0 amide bonds. The summed E-state index contributed by atoms with van der Waals surface area (Å²) in [6, 6.07) is 7.46. The molecule has 0 aromatic heterocycles. The van der Waals surface area contributed by atoms with Crippen molar-refractivity contribution in [1.82, 2.24) is 0 Å². The van der Waals surface area contributed by atoms with Crippen LogP contribution in [0.3, 0.4) is 0 Å². The average molecular weight is 178 g/mol. The number of benzene rings is 1. The molecule has 3 nitrogen and oxygen atoms in total. The molecule has 0 bridgehead atoms. The zero-order valence-electron chi connectivity index (χ0n) is 7.78. The van der Waals surface area contributed by atoms with E-state index in [0.29, 0.717) is 6.61 Å². The fourth-order valence-electron chi connectivity index (χ4n) is 0.842. The van der Waals surface area contributed by atoms with Crippen molar-refractivity contribution in [2.45, 2.75) is 6.92 Å². The fourth-order valence-corrected chi connectivity index (χ4v) is 0.842. The summed E-state index contributed by atoms with van der Waals surface area (Å²) in [6.45, 7) is 2.42. The van der Waals surface area contributed by atoms with Crippen LogP contribution in [-0.2, 0) is 4.84 Å². The second-order valence-corrected chi connectivity index (χ2v) is 2.35. The van der Waals surface area contributed by atoms with Crippen LogP contribution in [-0.4, -0.2) is 19.9 Å². The van der Waals surface area contributed by atoms with Crippen LogP contribution in [0, 0.1) is 0 Å². The van der Waals surface area contributed by atoms with Gasteiger partial charge in [-0.3, -0.25) is 0 Å². The third kappa shape index (κ3) is 3.15. The Labute approximate surface area is 78.0 Å². The van der Waals surface area contributed by atoms with Gasteiger partial charge in [-0.1, -0.05) is 17.3 Å². The van der Waals surface area contributed by atoms with Gasteiger partial charge in [-0.2, -0.15) is 0 Å². The van der Waals surface area contributed by atoms with Crippen LogP contribution in [0.5, 0.6) is 5.75 Å². The van der Waals surface area contributed by atoms with Gasteiger partial charge in [0.2, 0.25) is 0 Å². The first-order chi connectivity index (χ1) is 6.36. The molecule has 3 heteroatoms. The van der Waals surface area contributed by atoms with E-state index in [-0.39, 0.29) is 0 Å². The van der Waals surface area contributed by atoms with E-state index in [2.05, 4.69) is 11.4 Å². The maximum Gasteiger partial charge on any atom is 0.139 e. The van der Waals surface area contributed by atoms with Gasteiger partial charge in [0.25, 0.3) is 0 Å². The molecule has 0 spiro atoms. The zero-order chi connectivity index (χ0) is 9.52. The minimum Gasteiger partial charge on any atom is -0.497 e. The SMILES string of the molecule is CCO/N=[C]/c1cccc(OC)c1. The molecule has 0 fully saturated rings. The van der Waals surface area contributed by atoms with Crippen LogP contribution in [0.1, 0.15) is 12.5 Å². The Balaban J connectivity index is 2.66. The summed E-state index contributed by atoms with van der Waals surface area (Å²) in [5, 5.41) is 3.63. The predicted octanol–water partition coefficient (Wildman–Crippen LogP) is 1.94. The summed E-state index contributed by atoms with van der Waals surface area (Å²) >= 11 is 0. The van der Waals surface area contributed by atoms with Crippen molar-refractivity contribution in [1.29, 1.82) is 0 Å². The minimum atomic E-state index is 0.553. The van der Waals surface area contributed by atoms with E-state index in [0.717, 1.165) is 11.3 Å². The van der Waals surface area contributed by atoms with Crippen molar-refractivity contribution >= 4 is 6.21 Å². The third-order valence-electron chi connectivity index (χ3n) is 1.44. The van der Waals surface area contributed by atoms with Crippen LogP contribution in [0.4, 0.5) is 0 Å². The average Bonchev–Trinajstić information content (AvgIpc) is 2.19. The van der Waals surface area contributed by atoms with Crippen LogP contribution in [0.25, 0.3) is 0 Å². The largest absolute Gasteiger partial charge is 0.497 e. The fraction of sp³-hybridized carbons (Fsp3) is 0.300. The Morgan fingerprint density at radius 1 is 1.46 bits per heavy atom. The molecule has 0 atom stereocenters. The van der Waals surface area contributed by atoms with Gasteiger partial charge >= 0.3 is 0 Å². The number of ether oxygens (including phenoxy) is 1. The molecule has 1 rings (SSSR count). The Hall–Kier alpha value is -1.51. The molecule has 1 radical (unpaired) electrons. The molecule has 1 aromatic carbocycles. The Morgan fingerprint density at radius 3 is 3.00 bits per heavy atom. The smallest absolute Gasteiger partial charge is 0.139 e. The molecular weight excluding hydrogens is 166 g/mol. The summed E-state index contributed by atoms with van der Waals surface area (Å²) in [4.78, 5) is 4.78. The molecule has 0 saturated heterocycles. The van der Waals surface area contributed by atoms with Crippen LogP contribution in [0.2, 0.25) is 0 Å². The Morgan fingerprint density at radius 2 is 2.31 bits per heavy atom. The summed E-state index contributed by atoms with van der Waals surface area (Å²) in [5.41, 5.74) is 0.841. The number of hydrogen-bond acceptors (Lipinski definition) is 3. The van der Waals surface area contributed by atoms with Crippen LogP contribution in [0.15, 0.2) is 29.4 Å². The van der Waals surface area contributed by atoms with Crippen molar-refractivity contribution in [2.75, 3.05) is 13.7 Å². The highest BCUT2D eigenvalue weighted by atomic mass is 16.6. The molecule has 0 aliphatic carbocycles. The Bertz CT molecular complexity index is 284. The number of rotatable bonds is 4. The molecule has 0 N–H and O–H groups in total. The van der Waals surface area contributed by atoms with E-state index >= 15 is 0 Å². The highest BCUT2D eigenvalue weighted by Crippen LogP contribution is 2.10. The summed E-state index contributed by atoms with van der Waals surface area (Å²) in [5.74, 6) is 0.789. The van der Waals surface area contributed by atoms with Crippen molar-refractivity contribution in [2.24, 2.45) is 5.16 Å². The maximum atomic E-state index is 5.04.